The molecule has 0 bridgehead atoms. The third-order valence-electron chi connectivity index (χ3n) is 2.69. The van der Waals surface area contributed by atoms with Crippen molar-refractivity contribution in [3.63, 3.8) is 0 Å². The van der Waals surface area contributed by atoms with E-state index >= 15 is 0 Å². The quantitative estimate of drug-likeness (QED) is 0.583. The Labute approximate surface area is 102 Å². The zero-order valence-corrected chi connectivity index (χ0v) is 10.3. The van der Waals surface area contributed by atoms with Crippen LogP contribution in [-0.2, 0) is 6.42 Å². The van der Waals surface area contributed by atoms with Gasteiger partial charge in [-0.3, -0.25) is 0 Å². The molecule has 17 heavy (non-hydrogen) atoms. The van der Waals surface area contributed by atoms with Crippen molar-refractivity contribution < 1.29 is 0 Å². The monoisotopic (exact) mass is 229 g/mol. The predicted octanol–water partition coefficient (Wildman–Crippen LogP) is 0.957. The molecular formula is C14H19N3. The van der Waals surface area contributed by atoms with E-state index in [4.69, 9.17) is 11.0 Å². The van der Waals surface area contributed by atoms with Gasteiger partial charge in [0.2, 0.25) is 0 Å². The first-order valence-electron chi connectivity index (χ1n) is 5.86. The third-order valence-corrected chi connectivity index (χ3v) is 2.69. The minimum absolute atomic E-state index is 0.479. The maximum Gasteiger partial charge on any atom is 0.0985 e. The largest absolute Gasteiger partial charge is 0.361 e. The minimum atomic E-state index is 0.479. The molecule has 1 aromatic heterocycles. The molecular weight excluding hydrogens is 210 g/mol. The molecule has 0 aliphatic carbocycles. The van der Waals surface area contributed by atoms with Crippen molar-refractivity contribution in [2.24, 2.45) is 5.73 Å². The SMILES string of the molecule is C=C(C#N)/C=c1/c(CCCCN)c[nH]/c1=C/C. The average molecular weight is 229 g/mol. The Kier molecular flexibility index (Phi) is 5.25. The number of hydrogen-bond donors (Lipinski definition) is 2. The summed E-state index contributed by atoms with van der Waals surface area (Å²) in [5.74, 6) is 0. The van der Waals surface area contributed by atoms with Crippen molar-refractivity contribution in [1.29, 1.82) is 5.26 Å². The molecule has 3 heteroatoms. The first-order valence-corrected chi connectivity index (χ1v) is 5.86. The number of aromatic amines is 1. The molecule has 0 saturated carbocycles. The molecule has 0 fully saturated rings. The van der Waals surface area contributed by atoms with Crippen molar-refractivity contribution >= 4 is 12.2 Å². The molecule has 90 valence electrons. The van der Waals surface area contributed by atoms with Crippen LogP contribution in [0.25, 0.3) is 12.2 Å². The summed E-state index contributed by atoms with van der Waals surface area (Å²) in [6.07, 6.45) is 8.91. The van der Waals surface area contributed by atoms with Gasteiger partial charge in [0.1, 0.15) is 0 Å². The molecule has 1 heterocycles. The fourth-order valence-corrected chi connectivity index (χ4v) is 1.78. The number of H-pyrrole nitrogens is 1. The van der Waals surface area contributed by atoms with Crippen molar-refractivity contribution in [1.82, 2.24) is 4.98 Å². The molecule has 3 nitrogen and oxygen atoms in total. The van der Waals surface area contributed by atoms with Gasteiger partial charge >= 0.3 is 0 Å². The van der Waals surface area contributed by atoms with Crippen LogP contribution >= 0.6 is 0 Å². The van der Waals surface area contributed by atoms with Crippen molar-refractivity contribution in [2.45, 2.75) is 26.2 Å². The van der Waals surface area contributed by atoms with Gasteiger partial charge in [-0.25, -0.2) is 0 Å². The predicted molar refractivity (Wildman–Crippen MR) is 71.4 cm³/mol. The van der Waals surface area contributed by atoms with Gasteiger partial charge in [0.05, 0.1) is 6.07 Å². The number of aryl methyl sites for hydroxylation is 1. The molecule has 0 spiro atoms. The van der Waals surface area contributed by atoms with Crippen LogP contribution < -0.4 is 16.3 Å². The standard InChI is InChI=1S/C14H19N3/c1-3-14-13(8-11(2)9-16)12(10-17-14)6-4-5-7-15/h3,8,10,17H,2,4-7,15H2,1H3/b13-8-,14-3+. The van der Waals surface area contributed by atoms with Crippen LogP contribution in [0.3, 0.4) is 0 Å². The van der Waals surface area contributed by atoms with Crippen LogP contribution in [0, 0.1) is 11.3 Å². The summed E-state index contributed by atoms with van der Waals surface area (Å²) in [6.45, 7) is 6.39. The second kappa shape index (κ2) is 6.72. The molecule has 0 radical (unpaired) electrons. The number of allylic oxidation sites excluding steroid dienone is 1. The maximum absolute atomic E-state index is 8.78. The van der Waals surface area contributed by atoms with Crippen molar-refractivity contribution in [3.05, 3.63) is 34.5 Å². The van der Waals surface area contributed by atoms with Crippen LogP contribution in [-0.4, -0.2) is 11.5 Å². The van der Waals surface area contributed by atoms with Gasteiger partial charge in [-0.2, -0.15) is 5.26 Å². The molecule has 0 aliphatic heterocycles. The lowest BCUT2D eigenvalue weighted by Gasteiger charge is -1.96. The number of nitrogens with two attached hydrogens (primary N) is 1. The van der Waals surface area contributed by atoms with E-state index in [1.54, 1.807) is 0 Å². The van der Waals surface area contributed by atoms with E-state index in [1.807, 2.05) is 25.3 Å². The fraction of sp³-hybridized carbons (Fsp3) is 0.357. The van der Waals surface area contributed by atoms with Gasteiger partial charge in [-0.05, 0) is 44.4 Å². The first kappa shape index (κ1) is 13.3. The molecule has 1 aromatic rings. The van der Waals surface area contributed by atoms with Gasteiger partial charge in [0.15, 0.2) is 0 Å². The molecule has 0 aromatic carbocycles. The van der Waals surface area contributed by atoms with E-state index in [0.717, 1.165) is 36.4 Å². The van der Waals surface area contributed by atoms with Crippen LogP contribution in [0.2, 0.25) is 0 Å². The van der Waals surface area contributed by atoms with E-state index in [-0.39, 0.29) is 0 Å². The summed E-state index contributed by atoms with van der Waals surface area (Å²) < 4.78 is 0. The average Bonchev–Trinajstić information content (AvgIpc) is 2.72. The number of nitrogens with one attached hydrogen (secondary N) is 1. The van der Waals surface area contributed by atoms with E-state index in [1.165, 1.54) is 5.56 Å². The summed E-state index contributed by atoms with van der Waals surface area (Å²) in [7, 11) is 0. The molecule has 1 rings (SSSR count). The van der Waals surface area contributed by atoms with Gasteiger partial charge in [-0.15, -0.1) is 0 Å². The van der Waals surface area contributed by atoms with Crippen LogP contribution in [0.4, 0.5) is 0 Å². The second-order valence-electron chi connectivity index (χ2n) is 3.96. The molecule has 0 unspecified atom stereocenters. The van der Waals surface area contributed by atoms with E-state index < -0.39 is 0 Å². The van der Waals surface area contributed by atoms with Gasteiger partial charge < -0.3 is 10.7 Å². The number of rotatable bonds is 5. The highest BCUT2D eigenvalue weighted by molar-refractivity contribution is 5.54. The van der Waals surface area contributed by atoms with Gasteiger partial charge in [0.25, 0.3) is 0 Å². The zero-order chi connectivity index (χ0) is 12.7. The number of unbranched alkanes of at least 4 members (excludes halogenated alkanes) is 1. The van der Waals surface area contributed by atoms with Crippen molar-refractivity contribution in [3.8, 4) is 6.07 Å². The number of nitriles is 1. The second-order valence-corrected chi connectivity index (χ2v) is 3.96. The maximum atomic E-state index is 8.78. The van der Waals surface area contributed by atoms with Crippen LogP contribution in [0.15, 0.2) is 18.3 Å². The summed E-state index contributed by atoms with van der Waals surface area (Å²) in [5, 5.41) is 10.9. The number of nitrogens with zero attached hydrogens (tertiary/aromatic N) is 1. The zero-order valence-electron chi connectivity index (χ0n) is 10.3. The Balaban J connectivity index is 3.08. The molecule has 0 atom stereocenters. The Bertz CT molecular complexity index is 529. The van der Waals surface area contributed by atoms with E-state index in [0.29, 0.717) is 5.57 Å². The van der Waals surface area contributed by atoms with E-state index in [9.17, 15) is 0 Å². The smallest absolute Gasteiger partial charge is 0.0985 e. The normalized spacial score (nSPS) is 12.8. The van der Waals surface area contributed by atoms with Gasteiger partial charge in [0, 0.05) is 22.3 Å². The molecule has 3 N–H and O–H groups in total. The summed E-state index contributed by atoms with van der Waals surface area (Å²) >= 11 is 0. The summed E-state index contributed by atoms with van der Waals surface area (Å²) in [6, 6.07) is 2.05. The fourth-order valence-electron chi connectivity index (χ4n) is 1.78. The Morgan fingerprint density at radius 1 is 1.59 bits per heavy atom. The number of hydrogen-bond acceptors (Lipinski definition) is 2. The topological polar surface area (TPSA) is 65.6 Å². The van der Waals surface area contributed by atoms with E-state index in [2.05, 4.69) is 17.6 Å². The lowest BCUT2D eigenvalue weighted by Crippen LogP contribution is -2.25. The highest BCUT2D eigenvalue weighted by Gasteiger charge is 1.99. The lowest BCUT2D eigenvalue weighted by atomic mass is 10.1. The Hall–Kier alpha value is -1.79. The Morgan fingerprint density at radius 3 is 2.94 bits per heavy atom. The van der Waals surface area contributed by atoms with Crippen molar-refractivity contribution in [2.75, 3.05) is 6.54 Å². The van der Waals surface area contributed by atoms with Crippen LogP contribution in [0.5, 0.6) is 0 Å². The minimum Gasteiger partial charge on any atom is -0.361 e. The lowest BCUT2D eigenvalue weighted by molar-refractivity contribution is 0.743. The summed E-state index contributed by atoms with van der Waals surface area (Å²) in [5.41, 5.74) is 7.19. The highest BCUT2D eigenvalue weighted by atomic mass is 14.7. The van der Waals surface area contributed by atoms with Gasteiger partial charge in [-0.1, -0.05) is 12.7 Å². The number of aromatic nitrogens is 1. The first-order chi connectivity index (χ1) is 8.22. The highest BCUT2D eigenvalue weighted by Crippen LogP contribution is 1.98. The third kappa shape index (κ3) is 3.61. The summed E-state index contributed by atoms with van der Waals surface area (Å²) in [4.78, 5) is 3.21. The molecule has 0 amide bonds. The molecule has 0 aliphatic rings. The molecule has 0 saturated heterocycles. The van der Waals surface area contributed by atoms with Crippen LogP contribution in [0.1, 0.15) is 25.3 Å². The Morgan fingerprint density at radius 2 is 2.35 bits per heavy atom.